The van der Waals surface area contributed by atoms with E-state index in [9.17, 15) is 5.11 Å². The molecule has 0 aliphatic heterocycles. The second-order valence-corrected chi connectivity index (χ2v) is 5.39. The fourth-order valence-electron chi connectivity index (χ4n) is 2.16. The summed E-state index contributed by atoms with van der Waals surface area (Å²) in [4.78, 5) is 8.70. The minimum Gasteiger partial charge on any atom is -0.388 e. The highest BCUT2D eigenvalue weighted by Gasteiger charge is 2.21. The van der Waals surface area contributed by atoms with Gasteiger partial charge in [0.2, 0.25) is 0 Å². The zero-order chi connectivity index (χ0) is 15.5. The molecule has 0 saturated carbocycles. The lowest BCUT2D eigenvalue weighted by molar-refractivity contribution is 0.0456. The lowest BCUT2D eigenvalue weighted by Gasteiger charge is -2.25. The van der Waals surface area contributed by atoms with E-state index in [0.717, 1.165) is 11.4 Å². The summed E-state index contributed by atoms with van der Waals surface area (Å²) in [6.07, 6.45) is 4.72. The molecule has 0 aliphatic carbocycles. The summed E-state index contributed by atoms with van der Waals surface area (Å²) in [6.45, 7) is 8.33. The molecule has 0 radical (unpaired) electrons. The molecular formula is C15H23N5O. The van der Waals surface area contributed by atoms with Crippen molar-refractivity contribution in [3.05, 3.63) is 29.8 Å². The number of anilines is 1. The number of aliphatic hydroxyl groups is 1. The van der Waals surface area contributed by atoms with Crippen LogP contribution >= 0.6 is 0 Å². The molecule has 114 valence electrons. The van der Waals surface area contributed by atoms with Crippen LogP contribution in [0.3, 0.4) is 0 Å². The van der Waals surface area contributed by atoms with Crippen LogP contribution in [0.5, 0.6) is 0 Å². The predicted octanol–water partition coefficient (Wildman–Crippen LogP) is 2.24. The van der Waals surface area contributed by atoms with E-state index < -0.39 is 5.60 Å². The molecule has 0 amide bonds. The van der Waals surface area contributed by atoms with Crippen LogP contribution in [0, 0.1) is 13.8 Å². The van der Waals surface area contributed by atoms with Gasteiger partial charge in [0.15, 0.2) is 5.82 Å². The van der Waals surface area contributed by atoms with Gasteiger partial charge in [-0.25, -0.2) is 9.67 Å². The largest absolute Gasteiger partial charge is 0.388 e. The number of nitrogens with one attached hydrogen (secondary N) is 1. The lowest BCUT2D eigenvalue weighted by Crippen LogP contribution is -2.35. The first-order valence-electron chi connectivity index (χ1n) is 7.29. The van der Waals surface area contributed by atoms with Gasteiger partial charge < -0.3 is 10.4 Å². The third kappa shape index (κ3) is 3.58. The molecule has 6 heteroatoms. The summed E-state index contributed by atoms with van der Waals surface area (Å²) < 4.78 is 1.76. The first kappa shape index (κ1) is 15.4. The smallest absolute Gasteiger partial charge is 0.174 e. The Kier molecular flexibility index (Phi) is 4.57. The third-order valence-electron chi connectivity index (χ3n) is 3.76. The minimum atomic E-state index is -0.712. The fourth-order valence-corrected chi connectivity index (χ4v) is 2.16. The summed E-state index contributed by atoms with van der Waals surface area (Å²) in [5, 5.41) is 17.9. The molecule has 2 N–H and O–H groups in total. The summed E-state index contributed by atoms with van der Waals surface area (Å²) in [5.41, 5.74) is 1.24. The first-order chi connectivity index (χ1) is 9.97. The molecule has 2 rings (SSSR count). The lowest BCUT2D eigenvalue weighted by atomic mass is 9.98. The number of aryl methyl sites for hydroxylation is 2. The molecule has 0 aliphatic rings. The summed E-state index contributed by atoms with van der Waals surface area (Å²) in [7, 11) is 0. The molecular weight excluding hydrogens is 266 g/mol. The molecule has 0 atom stereocenters. The second kappa shape index (κ2) is 6.22. The van der Waals surface area contributed by atoms with Crippen LogP contribution in [0.25, 0.3) is 5.82 Å². The predicted molar refractivity (Wildman–Crippen MR) is 82.6 cm³/mol. The topological polar surface area (TPSA) is 75.9 Å². The van der Waals surface area contributed by atoms with Gasteiger partial charge in [0.05, 0.1) is 23.7 Å². The number of hydrogen-bond acceptors (Lipinski definition) is 5. The molecule has 2 aromatic heterocycles. The Labute approximate surface area is 125 Å². The van der Waals surface area contributed by atoms with Gasteiger partial charge in [-0.05, 0) is 32.8 Å². The molecule has 2 aromatic rings. The highest BCUT2D eigenvalue weighted by Crippen LogP contribution is 2.16. The van der Waals surface area contributed by atoms with Gasteiger partial charge in [0.25, 0.3) is 0 Å². The van der Waals surface area contributed by atoms with Gasteiger partial charge in [-0.1, -0.05) is 13.8 Å². The average Bonchev–Trinajstić information content (AvgIpc) is 2.84. The monoisotopic (exact) mass is 289 g/mol. The van der Waals surface area contributed by atoms with Crippen LogP contribution in [0.1, 0.15) is 38.1 Å². The Balaban J connectivity index is 2.17. The maximum Gasteiger partial charge on any atom is 0.174 e. The van der Waals surface area contributed by atoms with Crippen molar-refractivity contribution < 1.29 is 5.11 Å². The van der Waals surface area contributed by atoms with Crippen molar-refractivity contribution in [1.29, 1.82) is 0 Å². The van der Waals surface area contributed by atoms with E-state index in [4.69, 9.17) is 0 Å². The second-order valence-electron chi connectivity index (χ2n) is 5.39. The van der Waals surface area contributed by atoms with Crippen LogP contribution in [0.15, 0.2) is 18.5 Å². The molecule has 6 nitrogen and oxygen atoms in total. The van der Waals surface area contributed by atoms with E-state index in [1.807, 2.05) is 33.8 Å². The van der Waals surface area contributed by atoms with Crippen molar-refractivity contribution in [1.82, 2.24) is 19.7 Å². The van der Waals surface area contributed by atoms with Crippen LogP contribution in [-0.2, 0) is 0 Å². The maximum atomic E-state index is 10.3. The highest BCUT2D eigenvalue weighted by atomic mass is 16.3. The van der Waals surface area contributed by atoms with E-state index in [0.29, 0.717) is 31.0 Å². The number of hydrogen-bond donors (Lipinski definition) is 2. The van der Waals surface area contributed by atoms with Crippen molar-refractivity contribution in [3.8, 4) is 5.82 Å². The quantitative estimate of drug-likeness (QED) is 0.853. The van der Waals surface area contributed by atoms with Crippen molar-refractivity contribution in [2.24, 2.45) is 0 Å². The fraction of sp³-hybridized carbons (Fsp3) is 0.533. The number of rotatable bonds is 6. The molecule has 0 unspecified atom stereocenters. The summed E-state index contributed by atoms with van der Waals surface area (Å²) in [5.74, 6) is 1.31. The standard InChI is InChI=1S/C15H23N5O/c1-5-15(21,6-2)10-17-13-8-16-9-14(18-13)20-12(4)7-11(3)19-20/h7-9,21H,5-6,10H2,1-4H3,(H,17,18). The van der Waals surface area contributed by atoms with Crippen LogP contribution in [0.4, 0.5) is 5.82 Å². The zero-order valence-corrected chi connectivity index (χ0v) is 13.1. The van der Waals surface area contributed by atoms with Gasteiger partial charge in [-0.15, -0.1) is 0 Å². The highest BCUT2D eigenvalue weighted by molar-refractivity contribution is 5.37. The van der Waals surface area contributed by atoms with Crippen molar-refractivity contribution in [2.75, 3.05) is 11.9 Å². The Bertz CT molecular complexity index is 604. The van der Waals surface area contributed by atoms with Crippen LogP contribution in [-0.4, -0.2) is 37.0 Å². The van der Waals surface area contributed by atoms with E-state index in [-0.39, 0.29) is 0 Å². The van der Waals surface area contributed by atoms with Crippen LogP contribution in [0.2, 0.25) is 0 Å². The number of aromatic nitrogens is 4. The van der Waals surface area contributed by atoms with E-state index >= 15 is 0 Å². The zero-order valence-electron chi connectivity index (χ0n) is 13.1. The molecule has 0 bridgehead atoms. The van der Waals surface area contributed by atoms with Crippen molar-refractivity contribution in [2.45, 2.75) is 46.1 Å². The van der Waals surface area contributed by atoms with Gasteiger partial charge in [0, 0.05) is 12.2 Å². The number of nitrogens with zero attached hydrogens (tertiary/aromatic N) is 4. The van der Waals surface area contributed by atoms with Crippen LogP contribution < -0.4 is 5.32 Å². The summed E-state index contributed by atoms with van der Waals surface area (Å²) in [6, 6.07) is 1.99. The van der Waals surface area contributed by atoms with Gasteiger partial charge in [-0.2, -0.15) is 5.10 Å². The molecule has 0 fully saturated rings. The van der Waals surface area contributed by atoms with E-state index in [1.165, 1.54) is 0 Å². The molecule has 0 aromatic carbocycles. The minimum absolute atomic E-state index is 0.454. The molecule has 0 saturated heterocycles. The third-order valence-corrected chi connectivity index (χ3v) is 3.76. The van der Waals surface area contributed by atoms with Crippen molar-refractivity contribution >= 4 is 5.82 Å². The average molecular weight is 289 g/mol. The van der Waals surface area contributed by atoms with Gasteiger partial charge >= 0.3 is 0 Å². The normalized spacial score (nSPS) is 11.7. The van der Waals surface area contributed by atoms with E-state index in [1.54, 1.807) is 17.1 Å². The Morgan fingerprint density at radius 2 is 1.95 bits per heavy atom. The van der Waals surface area contributed by atoms with Gasteiger partial charge in [-0.3, -0.25) is 4.98 Å². The Morgan fingerprint density at radius 3 is 2.52 bits per heavy atom. The van der Waals surface area contributed by atoms with E-state index in [2.05, 4.69) is 20.4 Å². The molecule has 0 spiro atoms. The van der Waals surface area contributed by atoms with Gasteiger partial charge in [0.1, 0.15) is 5.82 Å². The first-order valence-corrected chi connectivity index (χ1v) is 7.29. The van der Waals surface area contributed by atoms with Crippen molar-refractivity contribution in [3.63, 3.8) is 0 Å². The SMILES string of the molecule is CCC(O)(CC)CNc1cncc(-n2nc(C)cc2C)n1. The Morgan fingerprint density at radius 1 is 1.24 bits per heavy atom. The summed E-state index contributed by atoms with van der Waals surface area (Å²) >= 11 is 0. The molecule has 2 heterocycles. The maximum absolute atomic E-state index is 10.3. The molecule has 21 heavy (non-hydrogen) atoms. The Hall–Kier alpha value is -1.95.